The number of hydrogen-bond donors (Lipinski definition) is 3. The zero-order valence-corrected chi connectivity index (χ0v) is 15.7. The highest BCUT2D eigenvalue weighted by molar-refractivity contribution is 5.95. The average Bonchev–Trinajstić information content (AvgIpc) is 2.68. The Bertz CT molecular complexity index is 1010. The third kappa shape index (κ3) is 4.29. The topological polar surface area (TPSA) is 106 Å². The van der Waals surface area contributed by atoms with Crippen molar-refractivity contribution in [2.75, 3.05) is 24.9 Å². The van der Waals surface area contributed by atoms with E-state index in [9.17, 15) is 9.90 Å². The summed E-state index contributed by atoms with van der Waals surface area (Å²) in [6.45, 7) is 1.83. The number of para-hydroxylation sites is 1. The normalized spacial score (nSPS) is 10.2. The summed E-state index contributed by atoms with van der Waals surface area (Å²) in [7, 11) is 3.14. The van der Waals surface area contributed by atoms with Gasteiger partial charge < -0.3 is 25.2 Å². The second kappa shape index (κ2) is 8.26. The van der Waals surface area contributed by atoms with Gasteiger partial charge >= 0.3 is 5.97 Å². The molecule has 3 rings (SSSR count). The van der Waals surface area contributed by atoms with Gasteiger partial charge in [-0.05, 0) is 31.2 Å². The van der Waals surface area contributed by atoms with Gasteiger partial charge in [0.2, 0.25) is 5.95 Å². The van der Waals surface area contributed by atoms with Crippen molar-refractivity contribution in [3.05, 3.63) is 59.8 Å². The number of nitrogens with zero attached hydrogens (tertiary/aromatic N) is 2. The van der Waals surface area contributed by atoms with Gasteiger partial charge in [-0.3, -0.25) is 0 Å². The predicted molar refractivity (Wildman–Crippen MR) is 106 cm³/mol. The Morgan fingerprint density at radius 2 is 1.75 bits per heavy atom. The molecule has 0 aliphatic heterocycles. The van der Waals surface area contributed by atoms with Gasteiger partial charge in [-0.25, -0.2) is 9.78 Å². The van der Waals surface area contributed by atoms with Gasteiger partial charge in [0.25, 0.3) is 0 Å². The molecule has 0 radical (unpaired) electrons. The van der Waals surface area contributed by atoms with E-state index in [1.54, 1.807) is 56.7 Å². The minimum atomic E-state index is -1.02. The van der Waals surface area contributed by atoms with Crippen molar-refractivity contribution in [2.24, 2.45) is 0 Å². The molecule has 0 saturated heterocycles. The Kier molecular flexibility index (Phi) is 5.59. The number of rotatable bonds is 7. The third-order valence-electron chi connectivity index (χ3n) is 3.93. The first kappa shape index (κ1) is 19.0. The quantitative estimate of drug-likeness (QED) is 0.565. The number of carbonyl (C=O) groups is 1. The van der Waals surface area contributed by atoms with Crippen LogP contribution < -0.4 is 20.1 Å². The fraction of sp³-hybridized carbons (Fsp3) is 0.150. The molecule has 0 saturated carbocycles. The number of carboxylic acids is 1. The Morgan fingerprint density at radius 1 is 0.964 bits per heavy atom. The number of benzene rings is 2. The van der Waals surface area contributed by atoms with E-state index in [-0.39, 0.29) is 5.56 Å². The zero-order chi connectivity index (χ0) is 20.1. The first-order chi connectivity index (χ1) is 13.5. The van der Waals surface area contributed by atoms with Crippen molar-refractivity contribution >= 4 is 29.1 Å². The third-order valence-corrected chi connectivity index (χ3v) is 3.93. The molecule has 0 amide bonds. The number of hydrogen-bond acceptors (Lipinski definition) is 7. The van der Waals surface area contributed by atoms with E-state index in [0.717, 1.165) is 0 Å². The summed E-state index contributed by atoms with van der Waals surface area (Å²) < 4.78 is 10.6. The number of aromatic nitrogens is 2. The van der Waals surface area contributed by atoms with Crippen LogP contribution in [0.4, 0.5) is 23.1 Å². The number of aryl methyl sites for hydroxylation is 1. The number of nitrogens with one attached hydrogen (secondary N) is 2. The Balaban J connectivity index is 1.90. The average molecular weight is 380 g/mol. The molecule has 0 aliphatic carbocycles. The Hall–Kier alpha value is -3.81. The smallest absolute Gasteiger partial charge is 0.337 e. The fourth-order valence-electron chi connectivity index (χ4n) is 2.63. The largest absolute Gasteiger partial charge is 0.497 e. The van der Waals surface area contributed by atoms with Gasteiger partial charge in [-0.2, -0.15) is 4.98 Å². The van der Waals surface area contributed by atoms with E-state index in [2.05, 4.69) is 20.6 Å². The van der Waals surface area contributed by atoms with Gasteiger partial charge in [0, 0.05) is 17.8 Å². The van der Waals surface area contributed by atoms with E-state index in [4.69, 9.17) is 9.47 Å². The maximum Gasteiger partial charge on any atom is 0.337 e. The van der Waals surface area contributed by atoms with Crippen molar-refractivity contribution < 1.29 is 19.4 Å². The van der Waals surface area contributed by atoms with Gasteiger partial charge in [-0.1, -0.05) is 12.1 Å². The van der Waals surface area contributed by atoms with E-state index in [1.165, 1.54) is 6.07 Å². The molecule has 1 heterocycles. The van der Waals surface area contributed by atoms with Gasteiger partial charge in [0.1, 0.15) is 17.3 Å². The molecule has 3 N–H and O–H groups in total. The van der Waals surface area contributed by atoms with Crippen LogP contribution in [-0.2, 0) is 0 Å². The van der Waals surface area contributed by atoms with E-state index in [1.807, 2.05) is 6.92 Å². The molecule has 0 unspecified atom stereocenters. The van der Waals surface area contributed by atoms with Crippen LogP contribution in [0.25, 0.3) is 0 Å². The lowest BCUT2D eigenvalue weighted by atomic mass is 10.2. The van der Waals surface area contributed by atoms with Crippen LogP contribution in [0.2, 0.25) is 0 Å². The van der Waals surface area contributed by atoms with Crippen molar-refractivity contribution in [1.82, 2.24) is 9.97 Å². The summed E-state index contributed by atoms with van der Waals surface area (Å²) in [5, 5.41) is 15.5. The highest BCUT2D eigenvalue weighted by Crippen LogP contribution is 2.31. The molecule has 144 valence electrons. The SMILES string of the molecule is COc1ccc(Nc2nc(C)cc(Nc3ccccc3C(=O)O)n2)c(OC)c1. The second-order valence-electron chi connectivity index (χ2n) is 5.89. The number of ether oxygens (including phenoxy) is 2. The second-order valence-corrected chi connectivity index (χ2v) is 5.89. The molecule has 3 aromatic rings. The first-order valence-corrected chi connectivity index (χ1v) is 8.44. The fourth-order valence-corrected chi connectivity index (χ4v) is 2.63. The van der Waals surface area contributed by atoms with Crippen LogP contribution in [0.15, 0.2) is 48.5 Å². The molecular formula is C20H20N4O4. The maximum absolute atomic E-state index is 11.4. The summed E-state index contributed by atoms with van der Waals surface area (Å²) in [5.41, 5.74) is 1.98. The van der Waals surface area contributed by atoms with Crippen molar-refractivity contribution in [3.8, 4) is 11.5 Å². The number of anilines is 4. The van der Waals surface area contributed by atoms with Gasteiger partial charge in [0.15, 0.2) is 0 Å². The molecular weight excluding hydrogens is 360 g/mol. The summed E-state index contributed by atoms with van der Waals surface area (Å²) >= 11 is 0. The molecule has 8 nitrogen and oxygen atoms in total. The molecule has 1 aromatic heterocycles. The molecule has 0 spiro atoms. The van der Waals surface area contributed by atoms with Gasteiger partial charge in [0.05, 0.1) is 31.2 Å². The molecule has 8 heteroatoms. The van der Waals surface area contributed by atoms with Crippen LogP contribution in [0.3, 0.4) is 0 Å². The van der Waals surface area contributed by atoms with Crippen LogP contribution in [0.5, 0.6) is 11.5 Å². The molecule has 0 aliphatic rings. The van der Waals surface area contributed by atoms with E-state index < -0.39 is 5.97 Å². The molecule has 28 heavy (non-hydrogen) atoms. The maximum atomic E-state index is 11.4. The first-order valence-electron chi connectivity index (χ1n) is 8.44. The number of carboxylic acid groups (broad SMARTS) is 1. The lowest BCUT2D eigenvalue weighted by molar-refractivity contribution is 0.0698. The van der Waals surface area contributed by atoms with Crippen LogP contribution in [-0.4, -0.2) is 35.3 Å². The molecule has 0 fully saturated rings. The standard InChI is InChI=1S/C20H20N4O4/c1-12-10-18(22-15-7-5-4-6-14(15)19(25)26)24-20(21-12)23-16-9-8-13(27-2)11-17(16)28-3/h4-11H,1-3H3,(H,25,26)(H2,21,22,23,24). The molecule has 0 atom stereocenters. The highest BCUT2D eigenvalue weighted by Gasteiger charge is 2.12. The summed E-state index contributed by atoms with van der Waals surface area (Å²) in [6, 6.07) is 13.7. The van der Waals surface area contributed by atoms with Crippen molar-refractivity contribution in [1.29, 1.82) is 0 Å². The van der Waals surface area contributed by atoms with Crippen LogP contribution >= 0.6 is 0 Å². The Labute approximate surface area is 162 Å². The van der Waals surface area contributed by atoms with Crippen LogP contribution in [0, 0.1) is 6.92 Å². The lowest BCUT2D eigenvalue weighted by Crippen LogP contribution is -2.06. The van der Waals surface area contributed by atoms with Crippen molar-refractivity contribution in [2.45, 2.75) is 6.92 Å². The molecule has 2 aromatic carbocycles. The predicted octanol–water partition coefficient (Wildman–Crippen LogP) is 3.99. The summed E-state index contributed by atoms with van der Waals surface area (Å²) in [5.74, 6) is 1.04. The number of aromatic carboxylic acids is 1. The van der Waals surface area contributed by atoms with E-state index in [0.29, 0.717) is 40.3 Å². The molecule has 0 bridgehead atoms. The monoisotopic (exact) mass is 380 g/mol. The Morgan fingerprint density at radius 3 is 2.46 bits per heavy atom. The van der Waals surface area contributed by atoms with Gasteiger partial charge in [-0.15, -0.1) is 0 Å². The highest BCUT2D eigenvalue weighted by atomic mass is 16.5. The summed E-state index contributed by atoms with van der Waals surface area (Å²) in [4.78, 5) is 20.2. The summed E-state index contributed by atoms with van der Waals surface area (Å²) in [6.07, 6.45) is 0. The van der Waals surface area contributed by atoms with Crippen molar-refractivity contribution in [3.63, 3.8) is 0 Å². The van der Waals surface area contributed by atoms with E-state index >= 15 is 0 Å². The number of methoxy groups -OCH3 is 2. The minimum absolute atomic E-state index is 0.157. The van der Waals surface area contributed by atoms with Crippen LogP contribution in [0.1, 0.15) is 16.1 Å². The minimum Gasteiger partial charge on any atom is -0.497 e. The zero-order valence-electron chi connectivity index (χ0n) is 15.7. The lowest BCUT2D eigenvalue weighted by Gasteiger charge is -2.14.